The zero-order valence-electron chi connectivity index (χ0n) is 12.0. The van der Waals surface area contributed by atoms with Crippen LogP contribution in [0.3, 0.4) is 0 Å². The van der Waals surface area contributed by atoms with Gasteiger partial charge in [0.15, 0.2) is 0 Å². The van der Waals surface area contributed by atoms with Crippen molar-refractivity contribution in [3.63, 3.8) is 0 Å². The average Bonchev–Trinajstić information content (AvgIpc) is 2.93. The Morgan fingerprint density at radius 2 is 2.10 bits per heavy atom. The van der Waals surface area contributed by atoms with Crippen LogP contribution in [0, 0.1) is 6.92 Å². The molecule has 2 heterocycles. The first-order valence-corrected chi connectivity index (χ1v) is 7.83. The van der Waals surface area contributed by atoms with E-state index in [1.165, 1.54) is 0 Å². The van der Waals surface area contributed by atoms with Crippen LogP contribution >= 0.6 is 11.3 Å². The van der Waals surface area contributed by atoms with Crippen molar-refractivity contribution in [2.75, 3.05) is 6.54 Å². The molecule has 2 atom stereocenters. The van der Waals surface area contributed by atoms with E-state index in [0.29, 0.717) is 6.42 Å². The van der Waals surface area contributed by atoms with E-state index in [-0.39, 0.29) is 31.1 Å². The number of hydrogen-bond donors (Lipinski definition) is 1. The Bertz CT molecular complexity index is 501. The summed E-state index contributed by atoms with van der Waals surface area (Å²) in [6, 6.07) is 3.59. The molecule has 21 heavy (non-hydrogen) atoms. The number of alkyl halides is 3. The number of carbonyl (C=O) groups is 1. The minimum absolute atomic E-state index is 0.0613. The number of thiophene rings is 1. The quantitative estimate of drug-likeness (QED) is 0.899. The molecular weight excluding hydrogens is 301 g/mol. The zero-order valence-corrected chi connectivity index (χ0v) is 12.9. The lowest BCUT2D eigenvalue weighted by Gasteiger charge is -2.23. The number of rotatable bonds is 5. The summed E-state index contributed by atoms with van der Waals surface area (Å²) in [5.74, 6) is -0.101. The molecule has 1 amide bonds. The van der Waals surface area contributed by atoms with Crippen LogP contribution in [0.2, 0.25) is 0 Å². The predicted molar refractivity (Wildman–Crippen MR) is 76.0 cm³/mol. The number of carbonyl (C=O) groups excluding carboxylic acids is 1. The second kappa shape index (κ2) is 6.36. The molecule has 0 bridgehead atoms. The van der Waals surface area contributed by atoms with Crippen LogP contribution in [0.15, 0.2) is 12.1 Å². The van der Waals surface area contributed by atoms with Crippen LogP contribution in [-0.4, -0.2) is 29.6 Å². The topological polar surface area (TPSA) is 32.3 Å². The molecule has 1 fully saturated rings. The van der Waals surface area contributed by atoms with Gasteiger partial charge in [0.25, 0.3) is 0 Å². The van der Waals surface area contributed by atoms with Crippen molar-refractivity contribution in [1.82, 2.24) is 10.2 Å². The molecule has 1 aliphatic rings. The van der Waals surface area contributed by atoms with Gasteiger partial charge in [0.2, 0.25) is 5.91 Å². The van der Waals surface area contributed by atoms with E-state index in [0.717, 1.165) is 9.75 Å². The average molecular weight is 320 g/mol. The summed E-state index contributed by atoms with van der Waals surface area (Å²) in [6.45, 7) is 3.99. The highest BCUT2D eigenvalue weighted by atomic mass is 32.1. The Morgan fingerprint density at radius 1 is 1.38 bits per heavy atom. The molecule has 7 heteroatoms. The minimum atomic E-state index is -4.17. The van der Waals surface area contributed by atoms with Gasteiger partial charge < -0.3 is 4.90 Å². The van der Waals surface area contributed by atoms with E-state index in [2.05, 4.69) is 5.32 Å². The van der Waals surface area contributed by atoms with E-state index in [4.69, 9.17) is 0 Å². The van der Waals surface area contributed by atoms with Gasteiger partial charge in [-0.3, -0.25) is 10.1 Å². The maximum atomic E-state index is 12.3. The molecule has 2 rings (SSSR count). The number of nitrogens with zero attached hydrogens (tertiary/aromatic N) is 1. The smallest absolute Gasteiger partial charge is 0.321 e. The van der Waals surface area contributed by atoms with Gasteiger partial charge in [0.05, 0.1) is 6.04 Å². The molecular formula is C14H19F3N2OS. The molecule has 0 radical (unpaired) electrons. The number of aryl methyl sites for hydroxylation is 1. The van der Waals surface area contributed by atoms with Crippen LogP contribution in [0.5, 0.6) is 0 Å². The molecule has 1 aromatic rings. The van der Waals surface area contributed by atoms with Gasteiger partial charge in [-0.2, -0.15) is 13.2 Å². The third-order valence-electron chi connectivity index (χ3n) is 3.55. The van der Waals surface area contributed by atoms with Gasteiger partial charge in [0.1, 0.15) is 6.17 Å². The molecule has 0 aromatic carbocycles. The highest BCUT2D eigenvalue weighted by Gasteiger charge is 2.39. The predicted octanol–water partition coefficient (Wildman–Crippen LogP) is 3.61. The van der Waals surface area contributed by atoms with Crippen molar-refractivity contribution in [2.45, 2.75) is 51.5 Å². The van der Waals surface area contributed by atoms with E-state index in [9.17, 15) is 18.0 Å². The fraction of sp³-hybridized carbons (Fsp3) is 0.643. The van der Waals surface area contributed by atoms with Crippen LogP contribution in [0.1, 0.15) is 42.1 Å². The Hall–Kier alpha value is -1.08. The Labute approximate surface area is 126 Å². The first kappa shape index (κ1) is 16.3. The van der Waals surface area contributed by atoms with Crippen molar-refractivity contribution in [1.29, 1.82) is 0 Å². The summed E-state index contributed by atoms with van der Waals surface area (Å²) >= 11 is 1.56. The Morgan fingerprint density at radius 3 is 2.62 bits per heavy atom. The number of hydrogen-bond acceptors (Lipinski definition) is 3. The molecule has 2 unspecified atom stereocenters. The molecule has 1 aromatic heterocycles. The lowest BCUT2D eigenvalue weighted by molar-refractivity contribution is -0.140. The third kappa shape index (κ3) is 3.97. The third-order valence-corrected chi connectivity index (χ3v) is 4.60. The molecule has 0 spiro atoms. The van der Waals surface area contributed by atoms with Crippen LogP contribution < -0.4 is 5.32 Å². The van der Waals surface area contributed by atoms with Crippen molar-refractivity contribution >= 4 is 17.2 Å². The van der Waals surface area contributed by atoms with Crippen LogP contribution in [0.25, 0.3) is 0 Å². The molecule has 118 valence electrons. The maximum absolute atomic E-state index is 12.3. The van der Waals surface area contributed by atoms with Gasteiger partial charge in [-0.15, -0.1) is 11.3 Å². The minimum Gasteiger partial charge on any atom is -0.321 e. The monoisotopic (exact) mass is 320 g/mol. The van der Waals surface area contributed by atoms with Gasteiger partial charge in [-0.1, -0.05) is 6.92 Å². The lowest BCUT2D eigenvalue weighted by atomic mass is 10.2. The van der Waals surface area contributed by atoms with E-state index >= 15 is 0 Å². The summed E-state index contributed by atoms with van der Waals surface area (Å²) in [7, 11) is 0. The van der Waals surface area contributed by atoms with Gasteiger partial charge in [-0.05, 0) is 31.9 Å². The van der Waals surface area contributed by atoms with E-state index in [1.807, 2.05) is 26.0 Å². The molecule has 3 nitrogen and oxygen atoms in total. The fourth-order valence-corrected chi connectivity index (χ4v) is 3.45. The Kier molecular flexibility index (Phi) is 4.93. The van der Waals surface area contributed by atoms with Gasteiger partial charge >= 0.3 is 6.18 Å². The summed E-state index contributed by atoms with van der Waals surface area (Å²) in [6.07, 6.45) is -4.75. The standard InChI is InChI=1S/C14H19F3N2OS/c1-3-10-13(20)19(8-4-7-14(15,16)17)12(18-10)11-6-5-9(2)21-11/h5-6,10,12,18H,3-4,7-8H2,1-2H3. The van der Waals surface area contributed by atoms with Crippen molar-refractivity contribution in [3.05, 3.63) is 21.9 Å². The van der Waals surface area contributed by atoms with E-state index in [1.54, 1.807) is 16.2 Å². The normalized spacial score (nSPS) is 23.1. The fourth-order valence-electron chi connectivity index (χ4n) is 2.50. The summed E-state index contributed by atoms with van der Waals surface area (Å²) < 4.78 is 36.8. The number of amides is 1. The van der Waals surface area contributed by atoms with Crippen molar-refractivity contribution < 1.29 is 18.0 Å². The lowest BCUT2D eigenvalue weighted by Crippen LogP contribution is -2.32. The second-order valence-electron chi connectivity index (χ2n) is 5.23. The maximum Gasteiger partial charge on any atom is 0.389 e. The Balaban J connectivity index is 2.08. The molecule has 0 saturated carbocycles. The molecule has 0 aliphatic carbocycles. The summed E-state index contributed by atoms with van der Waals surface area (Å²) in [4.78, 5) is 15.9. The zero-order chi connectivity index (χ0) is 15.6. The summed E-state index contributed by atoms with van der Waals surface area (Å²) in [5, 5.41) is 3.22. The highest BCUT2D eigenvalue weighted by Crippen LogP contribution is 2.32. The first-order valence-electron chi connectivity index (χ1n) is 7.01. The first-order chi connectivity index (χ1) is 9.81. The highest BCUT2D eigenvalue weighted by molar-refractivity contribution is 7.12. The molecule has 1 saturated heterocycles. The van der Waals surface area contributed by atoms with Crippen LogP contribution in [-0.2, 0) is 4.79 Å². The van der Waals surface area contributed by atoms with Crippen molar-refractivity contribution in [3.8, 4) is 0 Å². The number of nitrogens with one attached hydrogen (secondary N) is 1. The van der Waals surface area contributed by atoms with Gasteiger partial charge in [-0.25, -0.2) is 0 Å². The van der Waals surface area contributed by atoms with Crippen molar-refractivity contribution in [2.24, 2.45) is 0 Å². The van der Waals surface area contributed by atoms with E-state index < -0.39 is 12.6 Å². The largest absolute Gasteiger partial charge is 0.389 e. The molecule has 1 N–H and O–H groups in total. The molecule has 1 aliphatic heterocycles. The SMILES string of the molecule is CCC1NC(c2ccc(C)s2)N(CCCC(F)(F)F)C1=O. The van der Waals surface area contributed by atoms with Crippen LogP contribution in [0.4, 0.5) is 13.2 Å². The van der Waals surface area contributed by atoms with Gasteiger partial charge in [0, 0.05) is 22.7 Å². The second-order valence-corrected chi connectivity index (χ2v) is 6.55. The number of halogens is 3. The summed E-state index contributed by atoms with van der Waals surface area (Å²) in [5.41, 5.74) is 0.